The van der Waals surface area contributed by atoms with Crippen molar-refractivity contribution in [1.29, 1.82) is 0 Å². The number of carbonyl (C=O) groups excluding carboxylic acids is 2. The molecule has 0 heterocycles. The maximum Gasteiger partial charge on any atom is 0.272 e. The smallest absolute Gasteiger partial charge is 0.272 e. The monoisotopic (exact) mass is 664 g/mol. The first-order chi connectivity index (χ1) is 22.8. The van der Waals surface area contributed by atoms with Crippen LogP contribution in [0, 0.1) is 34.1 Å². The number of hydrogen-bond acceptors (Lipinski definition) is 8. The van der Waals surface area contributed by atoms with Crippen LogP contribution in [-0.4, -0.2) is 31.9 Å². The van der Waals surface area contributed by atoms with Gasteiger partial charge in [0.15, 0.2) is 0 Å². The number of carbonyl (C=O) groups is 2. The Morgan fingerprint density at radius 3 is 1.33 bits per heavy atom. The molecule has 12 heteroatoms. The van der Waals surface area contributed by atoms with Gasteiger partial charge < -0.3 is 20.8 Å². The van der Waals surface area contributed by atoms with Crippen LogP contribution in [0.3, 0.4) is 0 Å². The molecule has 2 amide bonds. The standard InChI is InChI=1S/C37H36N4O8/c1-19-11-21(7-9-29(19)40(46)47)33(44)38-27-13-23-25(15-31(27)42)37(17-35(23,3)4)18-36(5,6)24-14-28(32(43)16-26(24)37)39-34(45)22-8-10-30(41(48)49)20(2)12-22/h7-16,42-43H,17-18H2,1-6H3,(H,38,44)(H,39,45). The number of benzene rings is 4. The highest BCUT2D eigenvalue weighted by Gasteiger charge is 2.57. The van der Waals surface area contributed by atoms with Gasteiger partial charge in [0.2, 0.25) is 0 Å². The molecule has 0 saturated carbocycles. The molecule has 0 radical (unpaired) electrons. The van der Waals surface area contributed by atoms with Crippen molar-refractivity contribution in [3.8, 4) is 11.5 Å². The van der Waals surface area contributed by atoms with Gasteiger partial charge in [0.05, 0.1) is 21.2 Å². The first-order valence-electron chi connectivity index (χ1n) is 15.7. The number of hydrogen-bond donors (Lipinski definition) is 4. The van der Waals surface area contributed by atoms with Crippen molar-refractivity contribution >= 4 is 34.6 Å². The predicted octanol–water partition coefficient (Wildman–Crippen LogP) is 7.68. The fourth-order valence-corrected chi connectivity index (χ4v) is 7.97. The van der Waals surface area contributed by atoms with Crippen LogP contribution in [0.5, 0.6) is 11.5 Å². The summed E-state index contributed by atoms with van der Waals surface area (Å²) in [6.45, 7) is 11.5. The summed E-state index contributed by atoms with van der Waals surface area (Å²) in [7, 11) is 0. The molecule has 6 rings (SSSR count). The van der Waals surface area contributed by atoms with Gasteiger partial charge in [-0.25, -0.2) is 0 Å². The minimum atomic E-state index is -0.595. The quantitative estimate of drug-likeness (QED) is 0.0918. The van der Waals surface area contributed by atoms with Crippen molar-refractivity contribution in [3.63, 3.8) is 0 Å². The molecule has 0 atom stereocenters. The number of fused-ring (bicyclic) bond motifs is 4. The lowest BCUT2D eigenvalue weighted by atomic mass is 9.72. The minimum Gasteiger partial charge on any atom is -0.506 e. The van der Waals surface area contributed by atoms with Crippen LogP contribution in [0.1, 0.15) is 94.6 Å². The third-order valence-electron chi connectivity index (χ3n) is 10.1. The summed E-state index contributed by atoms with van der Waals surface area (Å²) >= 11 is 0. The topological polar surface area (TPSA) is 185 Å². The Bertz CT molecular complexity index is 1980. The maximum atomic E-state index is 13.2. The van der Waals surface area contributed by atoms with Crippen molar-refractivity contribution in [2.45, 2.75) is 70.6 Å². The average Bonchev–Trinajstić information content (AvgIpc) is 3.35. The SMILES string of the molecule is Cc1cc(C(=O)Nc2cc3c(cc2O)C2(CC3(C)C)CC(C)(C)c3cc(NC(=O)c4ccc([N+](=O)[O-])c(C)c4)c(O)cc32)ccc1[N+](=O)[O-]. The van der Waals surface area contributed by atoms with E-state index in [0.717, 1.165) is 22.3 Å². The van der Waals surface area contributed by atoms with E-state index < -0.39 is 37.9 Å². The highest BCUT2D eigenvalue weighted by atomic mass is 16.6. The van der Waals surface area contributed by atoms with Crippen molar-refractivity contribution in [1.82, 2.24) is 0 Å². The second kappa shape index (κ2) is 11.1. The second-order valence-electron chi connectivity index (χ2n) is 14.5. The molecule has 0 saturated heterocycles. The number of phenols is 2. The number of rotatable bonds is 6. The van der Waals surface area contributed by atoms with Crippen molar-refractivity contribution in [2.24, 2.45) is 0 Å². The molecular weight excluding hydrogens is 628 g/mol. The van der Waals surface area contributed by atoms with Gasteiger partial charge in [-0.3, -0.25) is 29.8 Å². The summed E-state index contributed by atoms with van der Waals surface area (Å²) in [6, 6.07) is 15.1. The molecule has 0 fully saturated rings. The second-order valence-corrected chi connectivity index (χ2v) is 14.5. The van der Waals surface area contributed by atoms with E-state index in [4.69, 9.17) is 0 Å². The molecule has 4 N–H and O–H groups in total. The molecule has 0 bridgehead atoms. The van der Waals surface area contributed by atoms with Crippen LogP contribution in [-0.2, 0) is 16.2 Å². The normalized spacial score (nSPS) is 16.1. The van der Waals surface area contributed by atoms with E-state index in [2.05, 4.69) is 38.3 Å². The molecule has 0 aromatic heterocycles. The minimum absolute atomic E-state index is 0.0937. The zero-order chi connectivity index (χ0) is 35.8. The van der Waals surface area contributed by atoms with Crippen molar-refractivity contribution < 1.29 is 29.6 Å². The number of nitro benzene ring substituents is 2. The van der Waals surface area contributed by atoms with Gasteiger partial charge in [-0.2, -0.15) is 0 Å². The molecule has 4 aromatic rings. The van der Waals surface area contributed by atoms with E-state index in [9.17, 15) is 40.0 Å². The van der Waals surface area contributed by atoms with Crippen LogP contribution in [0.2, 0.25) is 0 Å². The summed E-state index contributed by atoms with van der Waals surface area (Å²) in [6.07, 6.45) is 1.30. The Morgan fingerprint density at radius 1 is 0.633 bits per heavy atom. The van der Waals surface area contributed by atoms with E-state index in [0.29, 0.717) is 24.0 Å². The third kappa shape index (κ3) is 5.42. The first-order valence-corrected chi connectivity index (χ1v) is 15.7. The van der Waals surface area contributed by atoms with E-state index in [1.165, 1.54) is 36.4 Å². The molecule has 2 aliphatic rings. The molecule has 1 spiro atoms. The van der Waals surface area contributed by atoms with Gasteiger partial charge in [-0.15, -0.1) is 0 Å². The van der Waals surface area contributed by atoms with Crippen LogP contribution < -0.4 is 10.6 Å². The van der Waals surface area contributed by atoms with Crippen LogP contribution >= 0.6 is 0 Å². The fourth-order valence-electron chi connectivity index (χ4n) is 7.97. The molecule has 0 aliphatic heterocycles. The Kier molecular flexibility index (Phi) is 7.54. The van der Waals surface area contributed by atoms with Crippen LogP contribution in [0.4, 0.5) is 22.7 Å². The Morgan fingerprint density at radius 2 is 1.00 bits per heavy atom. The number of aryl methyl sites for hydroxylation is 2. The van der Waals surface area contributed by atoms with Crippen LogP contribution in [0.15, 0.2) is 60.7 Å². The zero-order valence-corrected chi connectivity index (χ0v) is 27.9. The number of nitro groups is 2. The molecule has 252 valence electrons. The lowest BCUT2D eigenvalue weighted by molar-refractivity contribution is -0.385. The fraction of sp³-hybridized carbons (Fsp3) is 0.297. The lowest BCUT2D eigenvalue weighted by Gasteiger charge is -2.30. The van der Waals surface area contributed by atoms with E-state index in [1.54, 1.807) is 38.1 Å². The van der Waals surface area contributed by atoms with Crippen molar-refractivity contribution in [3.05, 3.63) is 125 Å². The molecule has 12 nitrogen and oxygen atoms in total. The maximum absolute atomic E-state index is 13.2. The van der Waals surface area contributed by atoms with Crippen molar-refractivity contribution in [2.75, 3.05) is 10.6 Å². The summed E-state index contributed by atoms with van der Waals surface area (Å²) in [4.78, 5) is 47.8. The Hall–Kier alpha value is -5.78. The van der Waals surface area contributed by atoms with E-state index in [-0.39, 0.29) is 45.4 Å². The molecule has 2 aliphatic carbocycles. The summed E-state index contributed by atoms with van der Waals surface area (Å²) < 4.78 is 0. The predicted molar refractivity (Wildman–Crippen MR) is 184 cm³/mol. The first kappa shape index (κ1) is 33.1. The van der Waals surface area contributed by atoms with E-state index >= 15 is 0 Å². The number of aromatic hydroxyl groups is 2. The average molecular weight is 665 g/mol. The summed E-state index contributed by atoms with van der Waals surface area (Å²) in [5.41, 5.74) is 3.56. The molecule has 0 unspecified atom stereocenters. The number of phenolic OH excluding ortho intramolecular Hbond substituents is 2. The van der Waals surface area contributed by atoms with Crippen LogP contribution in [0.25, 0.3) is 0 Å². The number of nitrogens with zero attached hydrogens (tertiary/aromatic N) is 2. The lowest BCUT2D eigenvalue weighted by Crippen LogP contribution is -2.26. The number of amides is 2. The summed E-state index contributed by atoms with van der Waals surface area (Å²) in [5, 5.41) is 50.5. The largest absolute Gasteiger partial charge is 0.506 e. The number of nitrogens with one attached hydrogen (secondary N) is 2. The van der Waals surface area contributed by atoms with Gasteiger partial charge in [0.25, 0.3) is 23.2 Å². The Labute approximate surface area is 282 Å². The third-order valence-corrected chi connectivity index (χ3v) is 10.1. The molecular formula is C37H36N4O8. The van der Waals surface area contributed by atoms with Gasteiger partial charge in [-0.1, -0.05) is 27.7 Å². The van der Waals surface area contributed by atoms with Gasteiger partial charge in [-0.05, 0) is 108 Å². The molecule has 49 heavy (non-hydrogen) atoms. The van der Waals surface area contributed by atoms with Gasteiger partial charge >= 0.3 is 0 Å². The van der Waals surface area contributed by atoms with Gasteiger partial charge in [0.1, 0.15) is 11.5 Å². The highest BCUT2D eigenvalue weighted by molar-refractivity contribution is 6.06. The summed E-state index contributed by atoms with van der Waals surface area (Å²) in [5.74, 6) is -1.31. The Balaban J connectivity index is 1.35. The van der Waals surface area contributed by atoms with E-state index in [1.807, 2.05) is 0 Å². The number of anilines is 2. The zero-order valence-electron chi connectivity index (χ0n) is 27.9. The molecule has 4 aromatic carbocycles. The highest BCUT2D eigenvalue weighted by Crippen LogP contribution is 2.64. The van der Waals surface area contributed by atoms with Gasteiger partial charge in [0, 0.05) is 39.8 Å².